The largest absolute Gasteiger partial charge is 0.390 e. The summed E-state index contributed by atoms with van der Waals surface area (Å²) in [6, 6.07) is 0. The number of hydrogen-bond acceptors (Lipinski definition) is 3. The van der Waals surface area contributed by atoms with Gasteiger partial charge in [-0.15, -0.1) is 0 Å². The summed E-state index contributed by atoms with van der Waals surface area (Å²) in [5.41, 5.74) is 0.370. The van der Waals surface area contributed by atoms with Gasteiger partial charge in [0.05, 0.1) is 5.60 Å². The Morgan fingerprint density at radius 1 is 0.938 bits per heavy atom. The van der Waals surface area contributed by atoms with Gasteiger partial charge in [0.2, 0.25) is 0 Å². The molecule has 0 aromatic heterocycles. The average Bonchev–Trinajstić information content (AvgIpc) is 3.16. The Balaban J connectivity index is 1.32. The van der Waals surface area contributed by atoms with E-state index < -0.39 is 5.60 Å². The third-order valence-electron chi connectivity index (χ3n) is 12.2. The maximum absolute atomic E-state index is 13.4. The highest BCUT2D eigenvalue weighted by Crippen LogP contribution is 2.69. The van der Waals surface area contributed by atoms with E-state index in [1.54, 1.807) is 0 Å². The van der Waals surface area contributed by atoms with Crippen molar-refractivity contribution in [2.24, 2.45) is 52.3 Å². The number of rotatable bonds is 4. The minimum atomic E-state index is -0.404. The third-order valence-corrected chi connectivity index (χ3v) is 12.2. The maximum Gasteiger partial charge on any atom is 0.139 e. The van der Waals surface area contributed by atoms with Crippen molar-refractivity contribution < 1.29 is 14.6 Å². The van der Waals surface area contributed by atoms with Gasteiger partial charge in [-0.1, -0.05) is 27.7 Å². The molecule has 5 rings (SSSR count). The molecule has 32 heavy (non-hydrogen) atoms. The molecule has 0 amide bonds. The Morgan fingerprint density at radius 2 is 1.66 bits per heavy atom. The molecule has 9 atom stereocenters. The van der Waals surface area contributed by atoms with Crippen LogP contribution in [0.4, 0.5) is 0 Å². The van der Waals surface area contributed by atoms with Crippen LogP contribution in [0.15, 0.2) is 0 Å². The highest BCUT2D eigenvalue weighted by atomic mass is 16.5. The van der Waals surface area contributed by atoms with Crippen LogP contribution in [0.2, 0.25) is 0 Å². The number of ketones is 1. The molecule has 3 nitrogen and oxygen atoms in total. The lowest BCUT2D eigenvalue weighted by atomic mass is 9.43. The van der Waals surface area contributed by atoms with Gasteiger partial charge in [-0.3, -0.25) is 4.79 Å². The Kier molecular flexibility index (Phi) is 6.10. The highest BCUT2D eigenvalue weighted by molar-refractivity contribution is 5.83. The first-order valence-electron chi connectivity index (χ1n) is 14.1. The molecule has 0 aromatic rings. The minimum absolute atomic E-state index is 0.214. The highest BCUT2D eigenvalue weighted by Gasteiger charge is 2.62. The molecule has 5 aliphatic rings. The van der Waals surface area contributed by atoms with Gasteiger partial charge < -0.3 is 9.84 Å². The zero-order chi connectivity index (χ0) is 22.7. The lowest BCUT2D eigenvalue weighted by Gasteiger charge is -2.62. The fourth-order valence-electron chi connectivity index (χ4n) is 10.1. The smallest absolute Gasteiger partial charge is 0.139 e. The van der Waals surface area contributed by atoms with Crippen LogP contribution >= 0.6 is 0 Å². The quantitative estimate of drug-likeness (QED) is 0.544. The van der Waals surface area contributed by atoms with Gasteiger partial charge >= 0.3 is 0 Å². The van der Waals surface area contributed by atoms with E-state index in [-0.39, 0.29) is 11.8 Å². The fraction of sp³-hybridized carbons (Fsp3) is 0.966. The second-order valence-electron chi connectivity index (χ2n) is 13.2. The van der Waals surface area contributed by atoms with Crippen LogP contribution in [0.5, 0.6) is 0 Å². The molecule has 3 heteroatoms. The zero-order valence-electron chi connectivity index (χ0n) is 21.2. The topological polar surface area (TPSA) is 46.5 Å². The summed E-state index contributed by atoms with van der Waals surface area (Å²) < 4.78 is 5.52. The van der Waals surface area contributed by atoms with E-state index in [2.05, 4.69) is 27.7 Å². The summed E-state index contributed by atoms with van der Waals surface area (Å²) in [5, 5.41) is 11.0. The Bertz CT molecular complexity index is 713. The van der Waals surface area contributed by atoms with Gasteiger partial charge in [0.15, 0.2) is 0 Å². The Labute approximate surface area is 196 Å². The Hall–Kier alpha value is -0.410. The molecular weight excluding hydrogens is 396 g/mol. The van der Waals surface area contributed by atoms with Gasteiger partial charge in [0, 0.05) is 25.0 Å². The lowest BCUT2D eigenvalue weighted by Crippen LogP contribution is -2.56. The average molecular weight is 445 g/mol. The van der Waals surface area contributed by atoms with E-state index >= 15 is 0 Å². The first-order valence-corrected chi connectivity index (χ1v) is 14.1. The summed E-state index contributed by atoms with van der Waals surface area (Å²) in [7, 11) is 0. The van der Waals surface area contributed by atoms with Gasteiger partial charge in [0.1, 0.15) is 5.78 Å². The first kappa shape index (κ1) is 23.3. The van der Waals surface area contributed by atoms with Crippen LogP contribution in [0, 0.1) is 52.3 Å². The summed E-state index contributed by atoms with van der Waals surface area (Å²) in [6.45, 7) is 11.1. The van der Waals surface area contributed by atoms with Crippen LogP contribution in [0.1, 0.15) is 105 Å². The number of fused-ring (bicyclic) bond motifs is 5. The van der Waals surface area contributed by atoms with E-state index in [0.29, 0.717) is 28.4 Å². The van der Waals surface area contributed by atoms with Crippen LogP contribution in [-0.4, -0.2) is 29.7 Å². The zero-order valence-corrected chi connectivity index (χ0v) is 21.2. The van der Waals surface area contributed by atoms with Crippen molar-refractivity contribution in [3.63, 3.8) is 0 Å². The predicted octanol–water partition coefficient (Wildman–Crippen LogP) is 6.42. The van der Waals surface area contributed by atoms with Gasteiger partial charge in [-0.2, -0.15) is 0 Å². The number of carbonyl (C=O) groups is 1. The monoisotopic (exact) mass is 444 g/mol. The molecule has 182 valence electrons. The Morgan fingerprint density at radius 3 is 2.38 bits per heavy atom. The summed E-state index contributed by atoms with van der Waals surface area (Å²) in [4.78, 5) is 13.4. The van der Waals surface area contributed by atoms with Crippen molar-refractivity contribution in [1.29, 1.82) is 0 Å². The van der Waals surface area contributed by atoms with Gasteiger partial charge in [-0.25, -0.2) is 0 Å². The number of ether oxygens (including phenoxy) is 1. The standard InChI is InChI=1S/C29H48O3/c1-5-29(31)15-14-27(3)21(18-29)6-7-22-24-9-8-23(28(24,4)13-10-25(22)27)19(2)26(30)20-11-16-32-17-12-20/h19-25,31H,5-18H2,1-4H3/t19-,21-,22-,23?,24-,25-,27-,28+,29-/m0/s1. The molecule has 1 saturated heterocycles. The summed E-state index contributed by atoms with van der Waals surface area (Å²) >= 11 is 0. The maximum atomic E-state index is 13.4. The lowest BCUT2D eigenvalue weighted by molar-refractivity contribution is -0.154. The second kappa shape index (κ2) is 8.36. The van der Waals surface area contributed by atoms with Gasteiger partial charge in [-0.05, 0) is 117 Å². The predicted molar refractivity (Wildman–Crippen MR) is 128 cm³/mol. The number of Topliss-reactive ketones (excluding diaryl/α,β-unsaturated/α-hetero) is 1. The number of aliphatic hydroxyl groups is 1. The number of hydrogen-bond donors (Lipinski definition) is 1. The van der Waals surface area contributed by atoms with Crippen LogP contribution in [-0.2, 0) is 9.53 Å². The SMILES string of the molecule is CC[C@]1(O)CC[C@@]2(C)[C@@H](CC[C@@H]3[C@@H]2CC[C@]2(C)C([C@H](C)C(=O)C4CCOCC4)CC[C@@H]32)C1. The van der Waals surface area contributed by atoms with Crippen molar-refractivity contribution in [3.8, 4) is 0 Å². The second-order valence-corrected chi connectivity index (χ2v) is 13.2. The molecule has 0 radical (unpaired) electrons. The molecule has 1 heterocycles. The van der Waals surface area contributed by atoms with Gasteiger partial charge in [0.25, 0.3) is 0 Å². The number of carbonyl (C=O) groups excluding carboxylic acids is 1. The van der Waals surface area contributed by atoms with E-state index in [4.69, 9.17) is 4.74 Å². The van der Waals surface area contributed by atoms with Crippen molar-refractivity contribution >= 4 is 5.78 Å². The van der Waals surface area contributed by atoms with Crippen LogP contribution in [0.3, 0.4) is 0 Å². The van der Waals surface area contributed by atoms with E-state index in [1.807, 2.05) is 0 Å². The third kappa shape index (κ3) is 3.55. The summed E-state index contributed by atoms with van der Waals surface area (Å²) in [5.74, 6) is 4.77. The molecule has 4 saturated carbocycles. The molecule has 0 spiro atoms. The van der Waals surface area contributed by atoms with E-state index in [1.165, 1.54) is 44.9 Å². The van der Waals surface area contributed by atoms with E-state index in [0.717, 1.165) is 63.1 Å². The van der Waals surface area contributed by atoms with Crippen molar-refractivity contribution in [1.82, 2.24) is 0 Å². The molecule has 1 N–H and O–H groups in total. The molecule has 4 aliphatic carbocycles. The minimum Gasteiger partial charge on any atom is -0.390 e. The summed E-state index contributed by atoms with van der Waals surface area (Å²) in [6.07, 6.45) is 14.0. The van der Waals surface area contributed by atoms with E-state index in [9.17, 15) is 9.90 Å². The molecular formula is C29H48O3. The normalized spacial score (nSPS) is 50.2. The molecule has 5 fully saturated rings. The molecule has 0 aromatic carbocycles. The van der Waals surface area contributed by atoms with Crippen molar-refractivity contribution in [3.05, 3.63) is 0 Å². The van der Waals surface area contributed by atoms with Crippen molar-refractivity contribution in [2.75, 3.05) is 13.2 Å². The van der Waals surface area contributed by atoms with Crippen molar-refractivity contribution in [2.45, 2.75) is 110 Å². The fourth-order valence-corrected chi connectivity index (χ4v) is 10.1. The first-order chi connectivity index (χ1) is 15.2. The van der Waals surface area contributed by atoms with Crippen LogP contribution in [0.25, 0.3) is 0 Å². The molecule has 1 unspecified atom stereocenters. The van der Waals surface area contributed by atoms with Crippen LogP contribution < -0.4 is 0 Å². The molecule has 0 bridgehead atoms. The molecule has 1 aliphatic heterocycles.